The van der Waals surface area contributed by atoms with Crippen molar-refractivity contribution in [3.8, 4) is 5.75 Å². The summed E-state index contributed by atoms with van der Waals surface area (Å²) in [5.41, 5.74) is 1.50. The molecule has 4 rings (SSSR count). The summed E-state index contributed by atoms with van der Waals surface area (Å²) in [6.45, 7) is 3.74. The van der Waals surface area contributed by atoms with Crippen molar-refractivity contribution >= 4 is 26.4 Å². The zero-order valence-corrected chi connectivity index (χ0v) is 16.4. The molecule has 0 unspecified atom stereocenters. The monoisotopic (exact) mass is 398 g/mol. The van der Waals surface area contributed by atoms with Crippen LogP contribution in [0.25, 0.3) is 16.6 Å². The molecule has 0 radical (unpaired) electrons. The zero-order valence-electron chi connectivity index (χ0n) is 15.6. The third kappa shape index (κ3) is 2.66. The Morgan fingerprint density at radius 3 is 2.64 bits per heavy atom. The lowest BCUT2D eigenvalue weighted by Crippen LogP contribution is -2.12. The predicted octanol–water partition coefficient (Wildman–Crippen LogP) is 2.28. The summed E-state index contributed by atoms with van der Waals surface area (Å²) in [5.74, 6) is 0.525. The average molecular weight is 398 g/mol. The minimum Gasteiger partial charge on any atom is -0.497 e. The van der Waals surface area contributed by atoms with Crippen LogP contribution < -0.4 is 10.3 Å². The molecule has 2 aromatic carbocycles. The van der Waals surface area contributed by atoms with Crippen molar-refractivity contribution in [2.45, 2.75) is 30.2 Å². The summed E-state index contributed by atoms with van der Waals surface area (Å²) in [6, 6.07) is 10.0. The molecule has 0 bridgehead atoms. The normalized spacial score (nSPS) is 12.0. The Kier molecular flexibility index (Phi) is 4.19. The summed E-state index contributed by atoms with van der Waals surface area (Å²) >= 11 is 0. The molecule has 28 heavy (non-hydrogen) atoms. The van der Waals surface area contributed by atoms with Gasteiger partial charge in [-0.1, -0.05) is 19.1 Å². The number of sulfone groups is 1. The van der Waals surface area contributed by atoms with E-state index in [1.54, 1.807) is 37.3 Å². The summed E-state index contributed by atoms with van der Waals surface area (Å²) in [4.78, 5) is 16.6. The Labute approximate surface area is 160 Å². The molecule has 1 N–H and O–H groups in total. The highest BCUT2D eigenvalue weighted by Gasteiger charge is 2.27. The van der Waals surface area contributed by atoms with Gasteiger partial charge in [0.05, 0.1) is 22.9 Å². The minimum atomic E-state index is -3.97. The van der Waals surface area contributed by atoms with E-state index in [2.05, 4.69) is 15.3 Å². The van der Waals surface area contributed by atoms with Gasteiger partial charge in [0.15, 0.2) is 5.65 Å². The van der Waals surface area contributed by atoms with E-state index in [-0.39, 0.29) is 15.6 Å². The van der Waals surface area contributed by atoms with E-state index in [1.165, 1.54) is 11.6 Å². The second kappa shape index (κ2) is 6.45. The van der Waals surface area contributed by atoms with Crippen molar-refractivity contribution < 1.29 is 13.2 Å². The molecule has 9 heteroatoms. The topological polar surface area (TPSA) is 106 Å². The number of aryl methyl sites for hydroxylation is 2. The number of methoxy groups -OCH3 is 1. The number of nitrogens with one attached hydrogen (secondary N) is 1. The molecular formula is C19H18N4O4S. The van der Waals surface area contributed by atoms with E-state index in [4.69, 9.17) is 4.74 Å². The number of H-pyrrole nitrogens is 1. The van der Waals surface area contributed by atoms with Crippen molar-refractivity contribution in [3.63, 3.8) is 0 Å². The fourth-order valence-electron chi connectivity index (χ4n) is 3.23. The second-order valence-electron chi connectivity index (χ2n) is 6.43. The molecule has 0 atom stereocenters. The molecule has 8 nitrogen and oxygen atoms in total. The highest BCUT2D eigenvalue weighted by atomic mass is 32.2. The molecule has 0 saturated heterocycles. The highest BCUT2D eigenvalue weighted by molar-refractivity contribution is 7.91. The largest absolute Gasteiger partial charge is 0.497 e. The highest BCUT2D eigenvalue weighted by Crippen LogP contribution is 2.27. The van der Waals surface area contributed by atoms with Gasteiger partial charge < -0.3 is 4.74 Å². The molecule has 4 aromatic rings. The summed E-state index contributed by atoms with van der Waals surface area (Å²) in [5, 5.41) is 6.68. The van der Waals surface area contributed by atoms with Gasteiger partial charge in [-0.15, -0.1) is 5.10 Å². The molecule has 0 aliphatic carbocycles. The van der Waals surface area contributed by atoms with Crippen LogP contribution in [0.3, 0.4) is 0 Å². The minimum absolute atomic E-state index is 0.0512. The molecule has 0 fully saturated rings. The van der Waals surface area contributed by atoms with Crippen molar-refractivity contribution in [3.05, 3.63) is 57.9 Å². The quantitative estimate of drug-likeness (QED) is 0.565. The van der Waals surface area contributed by atoms with E-state index in [0.29, 0.717) is 22.2 Å². The summed E-state index contributed by atoms with van der Waals surface area (Å²) in [7, 11) is -2.47. The van der Waals surface area contributed by atoms with Crippen molar-refractivity contribution in [2.24, 2.45) is 0 Å². The smallest absolute Gasteiger partial charge is 0.281 e. The molecule has 144 valence electrons. The first-order valence-corrected chi connectivity index (χ1v) is 10.1. The summed E-state index contributed by atoms with van der Waals surface area (Å²) < 4.78 is 33.1. The van der Waals surface area contributed by atoms with E-state index in [9.17, 15) is 13.2 Å². The van der Waals surface area contributed by atoms with E-state index in [0.717, 1.165) is 12.0 Å². The second-order valence-corrected chi connectivity index (χ2v) is 8.27. The molecule has 0 aliphatic rings. The lowest BCUT2D eigenvalue weighted by Gasteiger charge is -2.07. The SMILES string of the molecule is CCc1ccc(S(=O)(=O)c2n[nH]n3c2nc(=O)c2ccc(OC)cc23)c(C)c1. The fourth-order valence-corrected chi connectivity index (χ4v) is 4.71. The Bertz CT molecular complexity index is 1390. The van der Waals surface area contributed by atoms with Gasteiger partial charge in [0.25, 0.3) is 5.56 Å². The molecule has 0 amide bonds. The van der Waals surface area contributed by atoms with Gasteiger partial charge in [-0.25, -0.2) is 18.1 Å². The molecule has 2 aromatic heterocycles. The van der Waals surface area contributed by atoms with Gasteiger partial charge >= 0.3 is 0 Å². The van der Waals surface area contributed by atoms with Crippen LogP contribution in [0.1, 0.15) is 18.1 Å². The van der Waals surface area contributed by atoms with E-state index >= 15 is 0 Å². The number of nitrogens with zero attached hydrogens (tertiary/aromatic N) is 3. The van der Waals surface area contributed by atoms with Gasteiger partial charge in [0.2, 0.25) is 14.9 Å². The van der Waals surface area contributed by atoms with Crippen molar-refractivity contribution in [1.29, 1.82) is 0 Å². The number of aromatic nitrogens is 4. The molecular weight excluding hydrogens is 380 g/mol. The van der Waals surface area contributed by atoms with Crippen LogP contribution in [0.4, 0.5) is 0 Å². The maximum Gasteiger partial charge on any atom is 0.281 e. The number of hydrogen-bond donors (Lipinski definition) is 1. The maximum atomic E-state index is 13.2. The predicted molar refractivity (Wildman–Crippen MR) is 104 cm³/mol. The first kappa shape index (κ1) is 18.2. The first-order chi connectivity index (χ1) is 13.4. The van der Waals surface area contributed by atoms with Gasteiger partial charge in [0, 0.05) is 6.07 Å². The lowest BCUT2D eigenvalue weighted by atomic mass is 10.1. The van der Waals surface area contributed by atoms with E-state index < -0.39 is 15.4 Å². The number of hydrogen-bond acceptors (Lipinski definition) is 6. The number of fused-ring (bicyclic) bond motifs is 3. The third-order valence-corrected chi connectivity index (χ3v) is 6.55. The van der Waals surface area contributed by atoms with Crippen LogP contribution in [0, 0.1) is 6.92 Å². The standard InChI is InChI=1S/C19H18N4O4S/c1-4-12-5-8-16(11(2)9-12)28(25,26)19-17-20-18(24)14-7-6-13(27-3)10-15(14)23(17)22-21-19/h5-10,22H,4H2,1-3H3. The van der Waals surface area contributed by atoms with Crippen molar-refractivity contribution in [2.75, 3.05) is 7.11 Å². The third-order valence-electron chi connectivity index (χ3n) is 4.73. The molecule has 0 aliphatic heterocycles. The Morgan fingerprint density at radius 1 is 1.18 bits per heavy atom. The number of aromatic amines is 1. The summed E-state index contributed by atoms with van der Waals surface area (Å²) in [6.07, 6.45) is 0.803. The van der Waals surface area contributed by atoms with Gasteiger partial charge in [-0.2, -0.15) is 4.98 Å². The van der Waals surface area contributed by atoms with Crippen LogP contribution in [0.2, 0.25) is 0 Å². The lowest BCUT2D eigenvalue weighted by molar-refractivity contribution is 0.415. The van der Waals surface area contributed by atoms with E-state index in [1.807, 2.05) is 13.0 Å². The van der Waals surface area contributed by atoms with Crippen LogP contribution in [0.5, 0.6) is 5.75 Å². The van der Waals surface area contributed by atoms with Crippen LogP contribution in [-0.2, 0) is 16.3 Å². The van der Waals surface area contributed by atoms with Gasteiger partial charge in [-0.3, -0.25) is 4.79 Å². The first-order valence-electron chi connectivity index (χ1n) is 8.66. The van der Waals surface area contributed by atoms with Crippen LogP contribution in [0.15, 0.2) is 51.1 Å². The zero-order chi connectivity index (χ0) is 20.1. The fraction of sp³-hybridized carbons (Fsp3) is 0.211. The number of ether oxygens (including phenoxy) is 1. The average Bonchev–Trinajstić information content (AvgIpc) is 3.12. The molecule has 2 heterocycles. The number of rotatable bonds is 4. The molecule has 0 saturated carbocycles. The Balaban J connectivity index is 2.01. The Morgan fingerprint density at radius 2 is 1.96 bits per heavy atom. The molecule has 0 spiro atoms. The van der Waals surface area contributed by atoms with Crippen LogP contribution in [-0.4, -0.2) is 35.3 Å². The van der Waals surface area contributed by atoms with Crippen molar-refractivity contribution in [1.82, 2.24) is 19.8 Å². The number of benzene rings is 2. The maximum absolute atomic E-state index is 13.2. The van der Waals surface area contributed by atoms with Gasteiger partial charge in [-0.05, 0) is 42.7 Å². The van der Waals surface area contributed by atoms with Crippen LogP contribution >= 0.6 is 0 Å². The van der Waals surface area contributed by atoms with Gasteiger partial charge in [0.1, 0.15) is 5.75 Å². The Hall–Kier alpha value is -3.20.